The van der Waals surface area contributed by atoms with Crippen LogP contribution in [0, 0.1) is 0 Å². The molecule has 4 rings (SSSR count). The molecule has 5 heteroatoms. The first-order valence-electron chi connectivity index (χ1n) is 7.26. The van der Waals surface area contributed by atoms with E-state index in [2.05, 4.69) is 22.0 Å². The number of nitrogens with zero attached hydrogens (tertiary/aromatic N) is 3. The van der Waals surface area contributed by atoms with Crippen molar-refractivity contribution >= 4 is 29.0 Å². The summed E-state index contributed by atoms with van der Waals surface area (Å²) in [5, 5.41) is 1.35. The summed E-state index contributed by atoms with van der Waals surface area (Å²) in [6.07, 6.45) is 3.35. The zero-order valence-electron chi connectivity index (χ0n) is 11.5. The van der Waals surface area contributed by atoms with Crippen molar-refractivity contribution in [1.82, 2.24) is 9.97 Å². The van der Waals surface area contributed by atoms with Gasteiger partial charge >= 0.3 is 0 Å². The Bertz CT molecular complexity index is 698. The van der Waals surface area contributed by atoms with Crippen molar-refractivity contribution in [3.63, 3.8) is 0 Å². The number of benzene rings is 1. The van der Waals surface area contributed by atoms with E-state index in [-0.39, 0.29) is 0 Å². The molecule has 1 saturated carbocycles. The maximum absolute atomic E-state index is 6.17. The van der Waals surface area contributed by atoms with Gasteiger partial charge in [-0.1, -0.05) is 29.3 Å². The maximum Gasteiger partial charge on any atom is 0.135 e. The minimum atomic E-state index is 0.512. The van der Waals surface area contributed by atoms with Crippen LogP contribution in [0.2, 0.25) is 10.2 Å². The van der Waals surface area contributed by atoms with E-state index >= 15 is 0 Å². The van der Waals surface area contributed by atoms with Crippen LogP contribution in [0.5, 0.6) is 0 Å². The van der Waals surface area contributed by atoms with Crippen LogP contribution in [0.4, 0.5) is 5.82 Å². The van der Waals surface area contributed by atoms with Crippen molar-refractivity contribution in [1.29, 1.82) is 0 Å². The van der Waals surface area contributed by atoms with E-state index < -0.39 is 0 Å². The van der Waals surface area contributed by atoms with Crippen LogP contribution in [0.3, 0.4) is 0 Å². The summed E-state index contributed by atoms with van der Waals surface area (Å²) < 4.78 is 0. The quantitative estimate of drug-likeness (QED) is 0.776. The minimum Gasteiger partial charge on any atom is -0.352 e. The van der Waals surface area contributed by atoms with E-state index in [1.54, 1.807) is 0 Å². The first-order chi connectivity index (χ1) is 10.2. The molecule has 0 atom stereocenters. The summed E-state index contributed by atoms with van der Waals surface area (Å²) in [6.45, 7) is 1.79. The van der Waals surface area contributed by atoms with Crippen LogP contribution >= 0.6 is 23.2 Å². The fourth-order valence-electron chi connectivity index (χ4n) is 2.83. The molecule has 0 amide bonds. The molecule has 0 bridgehead atoms. The van der Waals surface area contributed by atoms with Gasteiger partial charge in [-0.25, -0.2) is 9.97 Å². The summed E-state index contributed by atoms with van der Waals surface area (Å²) in [5.41, 5.74) is 2.65. The van der Waals surface area contributed by atoms with Gasteiger partial charge < -0.3 is 4.90 Å². The standard InChI is InChI=1S/C16H15Cl2N3/c17-13-4-3-12-9-21(6-5-11(12)7-13)15-8-14(18)19-16(20-15)10-1-2-10/h3-4,7-8,10H,1-2,5-6,9H2. The van der Waals surface area contributed by atoms with E-state index in [1.165, 1.54) is 24.0 Å². The van der Waals surface area contributed by atoms with E-state index in [0.29, 0.717) is 11.1 Å². The lowest BCUT2D eigenvalue weighted by molar-refractivity contribution is 0.714. The van der Waals surface area contributed by atoms with Crippen molar-refractivity contribution in [2.75, 3.05) is 11.4 Å². The van der Waals surface area contributed by atoms with Gasteiger partial charge in [0.15, 0.2) is 0 Å². The van der Waals surface area contributed by atoms with E-state index in [1.807, 2.05) is 12.1 Å². The number of halogens is 2. The van der Waals surface area contributed by atoms with Gasteiger partial charge in [0.2, 0.25) is 0 Å². The molecule has 3 nitrogen and oxygen atoms in total. The van der Waals surface area contributed by atoms with E-state index in [9.17, 15) is 0 Å². The highest BCUT2D eigenvalue weighted by Gasteiger charge is 2.28. The molecule has 1 fully saturated rings. The topological polar surface area (TPSA) is 29.0 Å². The second-order valence-electron chi connectivity index (χ2n) is 5.77. The highest BCUT2D eigenvalue weighted by Crippen LogP contribution is 2.39. The molecular formula is C16H15Cl2N3. The van der Waals surface area contributed by atoms with Gasteiger partial charge in [-0.05, 0) is 42.5 Å². The number of fused-ring (bicyclic) bond motifs is 1. The van der Waals surface area contributed by atoms with Gasteiger partial charge in [-0.2, -0.15) is 0 Å². The lowest BCUT2D eigenvalue weighted by Crippen LogP contribution is -2.31. The smallest absolute Gasteiger partial charge is 0.135 e. The Hall–Kier alpha value is -1.32. The van der Waals surface area contributed by atoms with E-state index in [0.717, 1.165) is 36.2 Å². The second-order valence-corrected chi connectivity index (χ2v) is 6.59. The number of anilines is 1. The number of hydrogen-bond acceptors (Lipinski definition) is 3. The fraction of sp³-hybridized carbons (Fsp3) is 0.375. The van der Waals surface area contributed by atoms with Crippen LogP contribution < -0.4 is 4.90 Å². The Kier molecular flexibility index (Phi) is 3.27. The zero-order valence-corrected chi connectivity index (χ0v) is 13.0. The molecule has 2 heterocycles. The molecule has 0 spiro atoms. The molecule has 0 N–H and O–H groups in total. The van der Waals surface area contributed by atoms with Crippen LogP contribution in [-0.4, -0.2) is 16.5 Å². The van der Waals surface area contributed by atoms with E-state index in [4.69, 9.17) is 28.2 Å². The average Bonchev–Trinajstić information content (AvgIpc) is 3.30. The molecule has 21 heavy (non-hydrogen) atoms. The van der Waals surface area contributed by atoms with Crippen molar-refractivity contribution in [2.24, 2.45) is 0 Å². The predicted octanol–water partition coefficient (Wildman–Crippen LogP) is 4.22. The van der Waals surface area contributed by atoms with Gasteiger partial charge in [0, 0.05) is 30.1 Å². The Labute approximate surface area is 133 Å². The highest BCUT2D eigenvalue weighted by atomic mass is 35.5. The SMILES string of the molecule is Clc1ccc2c(c1)CCN(c1cc(Cl)nc(C3CC3)n1)C2. The molecule has 0 radical (unpaired) electrons. The molecular weight excluding hydrogens is 305 g/mol. The Morgan fingerprint density at radius 1 is 1.05 bits per heavy atom. The fourth-order valence-corrected chi connectivity index (χ4v) is 3.20. The maximum atomic E-state index is 6.17. The van der Waals surface area contributed by atoms with Gasteiger partial charge in [-0.3, -0.25) is 0 Å². The van der Waals surface area contributed by atoms with Gasteiger partial charge in [0.25, 0.3) is 0 Å². The third-order valence-electron chi connectivity index (χ3n) is 4.15. The molecule has 2 aromatic rings. The summed E-state index contributed by atoms with van der Waals surface area (Å²) in [4.78, 5) is 11.3. The molecule has 0 unspecified atom stereocenters. The Morgan fingerprint density at radius 2 is 1.90 bits per heavy atom. The summed E-state index contributed by atoms with van der Waals surface area (Å²) in [6, 6.07) is 7.99. The molecule has 1 aliphatic heterocycles. The van der Waals surface area contributed by atoms with Crippen LogP contribution in [0.25, 0.3) is 0 Å². The Balaban J connectivity index is 1.64. The third-order valence-corrected chi connectivity index (χ3v) is 4.57. The zero-order chi connectivity index (χ0) is 14.4. The largest absolute Gasteiger partial charge is 0.352 e. The van der Waals surface area contributed by atoms with Crippen molar-refractivity contribution in [3.8, 4) is 0 Å². The first-order valence-corrected chi connectivity index (χ1v) is 8.01. The normalized spacial score (nSPS) is 17.7. The lowest BCUT2D eigenvalue weighted by atomic mass is 10.00. The van der Waals surface area contributed by atoms with Crippen LogP contribution in [-0.2, 0) is 13.0 Å². The highest BCUT2D eigenvalue weighted by molar-refractivity contribution is 6.30. The minimum absolute atomic E-state index is 0.512. The number of aromatic nitrogens is 2. The summed E-state index contributed by atoms with van der Waals surface area (Å²) >= 11 is 12.2. The Morgan fingerprint density at radius 3 is 2.71 bits per heavy atom. The van der Waals surface area contributed by atoms with Gasteiger partial charge in [-0.15, -0.1) is 0 Å². The summed E-state index contributed by atoms with van der Waals surface area (Å²) in [5.74, 6) is 2.36. The summed E-state index contributed by atoms with van der Waals surface area (Å²) in [7, 11) is 0. The average molecular weight is 320 g/mol. The van der Waals surface area contributed by atoms with Gasteiger partial charge in [0.05, 0.1) is 0 Å². The molecule has 2 aliphatic rings. The van der Waals surface area contributed by atoms with Crippen molar-refractivity contribution < 1.29 is 0 Å². The molecule has 0 saturated heterocycles. The van der Waals surface area contributed by atoms with Crippen LogP contribution in [0.15, 0.2) is 24.3 Å². The molecule has 1 aromatic heterocycles. The molecule has 108 valence electrons. The van der Waals surface area contributed by atoms with Gasteiger partial charge in [0.1, 0.15) is 16.8 Å². The lowest BCUT2D eigenvalue weighted by Gasteiger charge is -2.30. The predicted molar refractivity (Wildman–Crippen MR) is 85.2 cm³/mol. The third kappa shape index (κ3) is 2.72. The number of hydrogen-bond donors (Lipinski definition) is 0. The second kappa shape index (κ2) is 5.15. The van der Waals surface area contributed by atoms with Crippen molar-refractivity contribution in [3.05, 3.63) is 51.4 Å². The molecule has 1 aliphatic carbocycles. The first kappa shape index (κ1) is 13.4. The van der Waals surface area contributed by atoms with Crippen molar-refractivity contribution in [2.45, 2.75) is 31.7 Å². The molecule has 1 aromatic carbocycles. The number of rotatable bonds is 2. The monoisotopic (exact) mass is 319 g/mol. The van der Waals surface area contributed by atoms with Crippen LogP contribution in [0.1, 0.15) is 35.7 Å².